The zero-order valence-corrected chi connectivity index (χ0v) is 13.5. The number of halogens is 3. The van der Waals surface area contributed by atoms with Crippen molar-refractivity contribution >= 4 is 16.9 Å². The molecule has 3 rings (SSSR count). The van der Waals surface area contributed by atoms with Crippen LogP contribution in [-0.2, 0) is 17.9 Å². The molecule has 0 bridgehead atoms. The summed E-state index contributed by atoms with van der Waals surface area (Å²) in [5, 5.41) is 10.6. The first-order valence-electron chi connectivity index (χ1n) is 7.74. The normalized spacial score (nSPS) is 11.5. The van der Waals surface area contributed by atoms with E-state index in [1.807, 2.05) is 18.2 Å². The lowest BCUT2D eigenvalue weighted by molar-refractivity contribution is -0.153. The molecule has 0 atom stereocenters. The number of amides is 1. The lowest BCUT2D eigenvalue weighted by atomic mass is 10.2. The zero-order chi connectivity index (χ0) is 18.6. The van der Waals surface area contributed by atoms with Gasteiger partial charge in [-0.2, -0.15) is 13.2 Å². The number of nitrogens with zero attached hydrogens (tertiary/aromatic N) is 3. The molecule has 1 N–H and O–H groups in total. The monoisotopic (exact) mass is 364 g/mol. The Morgan fingerprint density at radius 3 is 2.58 bits per heavy atom. The molecule has 0 radical (unpaired) electrons. The van der Waals surface area contributed by atoms with E-state index in [2.05, 4.69) is 20.4 Å². The van der Waals surface area contributed by atoms with Gasteiger partial charge in [0.1, 0.15) is 17.8 Å². The van der Waals surface area contributed by atoms with Crippen LogP contribution < -0.4 is 10.1 Å². The first-order chi connectivity index (χ1) is 12.4. The SMILES string of the molecule is O=C(Cn1nnc2ccccc21)NCc1ccc(OCC(F)(F)F)cc1. The van der Waals surface area contributed by atoms with E-state index in [0.717, 1.165) is 11.1 Å². The average Bonchev–Trinajstić information content (AvgIpc) is 3.01. The highest BCUT2D eigenvalue weighted by atomic mass is 19.4. The Morgan fingerprint density at radius 2 is 1.85 bits per heavy atom. The summed E-state index contributed by atoms with van der Waals surface area (Å²) >= 11 is 0. The van der Waals surface area contributed by atoms with E-state index in [4.69, 9.17) is 0 Å². The smallest absolute Gasteiger partial charge is 0.422 e. The van der Waals surface area contributed by atoms with Crippen molar-refractivity contribution in [3.8, 4) is 5.75 Å². The lowest BCUT2D eigenvalue weighted by Gasteiger charge is -2.10. The standard InChI is InChI=1S/C17H15F3N4O2/c18-17(19,20)11-26-13-7-5-12(6-8-13)9-21-16(25)10-24-15-4-2-1-3-14(15)22-23-24/h1-8H,9-11H2,(H,21,25). The van der Waals surface area contributed by atoms with Crippen molar-refractivity contribution in [2.24, 2.45) is 0 Å². The molecule has 1 aromatic heterocycles. The highest BCUT2D eigenvalue weighted by Gasteiger charge is 2.28. The maximum atomic E-state index is 12.1. The second-order valence-corrected chi connectivity index (χ2v) is 5.56. The number of alkyl halides is 3. The van der Waals surface area contributed by atoms with Gasteiger partial charge in [-0.15, -0.1) is 5.10 Å². The Hall–Kier alpha value is -3.10. The molecule has 3 aromatic rings. The molecule has 0 aliphatic heterocycles. The molecule has 0 aliphatic rings. The molecule has 0 unspecified atom stereocenters. The summed E-state index contributed by atoms with van der Waals surface area (Å²) in [6.45, 7) is -1.08. The number of carbonyl (C=O) groups excluding carboxylic acids is 1. The van der Waals surface area contributed by atoms with Crippen LogP contribution in [0.25, 0.3) is 11.0 Å². The Morgan fingerprint density at radius 1 is 1.12 bits per heavy atom. The molecule has 1 heterocycles. The number of hydrogen-bond acceptors (Lipinski definition) is 4. The minimum absolute atomic E-state index is 0.0211. The van der Waals surface area contributed by atoms with Gasteiger partial charge >= 0.3 is 6.18 Å². The summed E-state index contributed by atoms with van der Waals surface area (Å²) in [4.78, 5) is 12.1. The van der Waals surface area contributed by atoms with Crippen LogP contribution in [0.5, 0.6) is 5.75 Å². The van der Waals surface area contributed by atoms with Crippen molar-refractivity contribution in [1.29, 1.82) is 0 Å². The highest BCUT2D eigenvalue weighted by Crippen LogP contribution is 2.18. The second-order valence-electron chi connectivity index (χ2n) is 5.56. The number of fused-ring (bicyclic) bond motifs is 1. The molecule has 0 saturated heterocycles. The number of ether oxygens (including phenoxy) is 1. The fraction of sp³-hybridized carbons (Fsp3) is 0.235. The van der Waals surface area contributed by atoms with Crippen molar-refractivity contribution in [1.82, 2.24) is 20.3 Å². The first-order valence-corrected chi connectivity index (χ1v) is 7.74. The highest BCUT2D eigenvalue weighted by molar-refractivity contribution is 5.79. The maximum Gasteiger partial charge on any atom is 0.422 e. The van der Waals surface area contributed by atoms with Crippen LogP contribution in [0.1, 0.15) is 5.56 Å². The summed E-state index contributed by atoms with van der Waals surface area (Å²) < 4.78 is 42.4. The number of aromatic nitrogens is 3. The van der Waals surface area contributed by atoms with E-state index in [9.17, 15) is 18.0 Å². The second kappa shape index (κ2) is 7.42. The van der Waals surface area contributed by atoms with Crippen molar-refractivity contribution in [2.45, 2.75) is 19.3 Å². The van der Waals surface area contributed by atoms with E-state index in [1.165, 1.54) is 16.8 Å². The molecule has 1 amide bonds. The predicted molar refractivity (Wildman–Crippen MR) is 87.4 cm³/mol. The van der Waals surface area contributed by atoms with Crippen LogP contribution >= 0.6 is 0 Å². The summed E-state index contributed by atoms with van der Waals surface area (Å²) in [7, 11) is 0. The number of hydrogen-bond donors (Lipinski definition) is 1. The molecule has 26 heavy (non-hydrogen) atoms. The van der Waals surface area contributed by atoms with Gasteiger partial charge in [0.25, 0.3) is 0 Å². The Balaban J connectivity index is 1.51. The van der Waals surface area contributed by atoms with Crippen molar-refractivity contribution < 1.29 is 22.7 Å². The van der Waals surface area contributed by atoms with Gasteiger partial charge in [-0.25, -0.2) is 4.68 Å². The number of para-hydroxylation sites is 1. The predicted octanol–water partition coefficient (Wildman–Crippen LogP) is 2.69. The van der Waals surface area contributed by atoms with Crippen LogP contribution in [0.4, 0.5) is 13.2 Å². The minimum Gasteiger partial charge on any atom is -0.484 e. The molecule has 0 fully saturated rings. The van der Waals surface area contributed by atoms with Crippen molar-refractivity contribution in [3.05, 3.63) is 54.1 Å². The molecule has 0 saturated carbocycles. The van der Waals surface area contributed by atoms with Gasteiger partial charge < -0.3 is 10.1 Å². The summed E-state index contributed by atoms with van der Waals surface area (Å²) in [5.41, 5.74) is 2.20. The molecule has 136 valence electrons. The number of nitrogens with one attached hydrogen (secondary N) is 1. The zero-order valence-electron chi connectivity index (χ0n) is 13.5. The number of benzene rings is 2. The molecule has 0 aliphatic carbocycles. The number of carbonyl (C=O) groups is 1. The topological polar surface area (TPSA) is 69.0 Å². The van der Waals surface area contributed by atoms with Crippen molar-refractivity contribution in [2.75, 3.05) is 6.61 Å². The lowest BCUT2D eigenvalue weighted by Crippen LogP contribution is -2.27. The van der Waals surface area contributed by atoms with Crippen LogP contribution in [-0.4, -0.2) is 33.7 Å². The third kappa shape index (κ3) is 4.71. The quantitative estimate of drug-likeness (QED) is 0.730. The maximum absolute atomic E-state index is 12.1. The van der Waals surface area contributed by atoms with Gasteiger partial charge in [-0.3, -0.25) is 4.79 Å². The average molecular weight is 364 g/mol. The molecular weight excluding hydrogens is 349 g/mol. The van der Waals surface area contributed by atoms with Gasteiger partial charge in [-0.1, -0.05) is 29.5 Å². The summed E-state index contributed by atoms with van der Waals surface area (Å²) in [6, 6.07) is 13.3. The summed E-state index contributed by atoms with van der Waals surface area (Å²) in [5.74, 6) is -0.135. The number of rotatable bonds is 6. The third-order valence-electron chi connectivity index (χ3n) is 3.53. The van der Waals surface area contributed by atoms with E-state index < -0.39 is 12.8 Å². The van der Waals surface area contributed by atoms with E-state index in [1.54, 1.807) is 18.2 Å². The molecule has 0 spiro atoms. The van der Waals surface area contributed by atoms with Crippen LogP contribution in [0.3, 0.4) is 0 Å². The first kappa shape index (κ1) is 17.7. The largest absolute Gasteiger partial charge is 0.484 e. The third-order valence-corrected chi connectivity index (χ3v) is 3.53. The minimum atomic E-state index is -4.38. The van der Waals surface area contributed by atoms with Crippen LogP contribution in [0.2, 0.25) is 0 Å². The Bertz CT molecular complexity index is 891. The van der Waals surface area contributed by atoms with Gasteiger partial charge in [0.05, 0.1) is 5.52 Å². The Labute approximate surface area is 146 Å². The Kier molecular flexibility index (Phi) is 5.06. The molecule has 9 heteroatoms. The van der Waals surface area contributed by atoms with Crippen molar-refractivity contribution in [3.63, 3.8) is 0 Å². The van der Waals surface area contributed by atoms with E-state index in [-0.39, 0.29) is 24.7 Å². The van der Waals surface area contributed by atoms with Gasteiger partial charge in [-0.05, 0) is 29.8 Å². The molecule has 2 aromatic carbocycles. The van der Waals surface area contributed by atoms with Crippen LogP contribution in [0.15, 0.2) is 48.5 Å². The summed E-state index contributed by atoms with van der Waals surface area (Å²) in [6.07, 6.45) is -4.38. The van der Waals surface area contributed by atoms with Crippen LogP contribution in [0, 0.1) is 0 Å². The fourth-order valence-corrected chi connectivity index (χ4v) is 2.30. The van der Waals surface area contributed by atoms with Gasteiger partial charge in [0, 0.05) is 6.54 Å². The molecule has 6 nitrogen and oxygen atoms in total. The van der Waals surface area contributed by atoms with Gasteiger partial charge in [0.2, 0.25) is 5.91 Å². The fourth-order valence-electron chi connectivity index (χ4n) is 2.30. The molecular formula is C17H15F3N4O2. The van der Waals surface area contributed by atoms with E-state index in [0.29, 0.717) is 5.52 Å². The van der Waals surface area contributed by atoms with E-state index >= 15 is 0 Å². The van der Waals surface area contributed by atoms with Gasteiger partial charge in [0.15, 0.2) is 6.61 Å².